The van der Waals surface area contributed by atoms with Gasteiger partial charge >= 0.3 is 0 Å². The first-order valence-electron chi connectivity index (χ1n) is 6.97. The highest BCUT2D eigenvalue weighted by Crippen LogP contribution is 2.51. The van der Waals surface area contributed by atoms with Gasteiger partial charge in [-0.05, 0) is 42.9 Å². The molecule has 1 saturated heterocycles. The minimum Gasteiger partial charge on any atom is -0.318 e. The van der Waals surface area contributed by atoms with E-state index in [0.29, 0.717) is 17.9 Å². The molecule has 2 aliphatic carbocycles. The molecule has 3 nitrogen and oxygen atoms in total. The number of carbonyl (C=O) groups is 1. The third-order valence-electron chi connectivity index (χ3n) is 4.70. The number of hydrogen-bond acceptors (Lipinski definition) is 2. The van der Waals surface area contributed by atoms with Crippen LogP contribution in [0.15, 0.2) is 24.3 Å². The summed E-state index contributed by atoms with van der Waals surface area (Å²) in [6, 6.07) is 8.26. The number of carbonyl (C=O) groups excluding carboxylic acids is 1. The van der Waals surface area contributed by atoms with Crippen molar-refractivity contribution in [3.8, 4) is 0 Å². The second kappa shape index (κ2) is 3.74. The summed E-state index contributed by atoms with van der Waals surface area (Å²) in [4.78, 5) is 14.7. The van der Waals surface area contributed by atoms with Crippen molar-refractivity contribution in [2.24, 2.45) is 5.92 Å². The molecule has 3 unspecified atom stereocenters. The number of nitrogens with one attached hydrogen (secondary N) is 1. The molecule has 1 amide bonds. The van der Waals surface area contributed by atoms with Crippen molar-refractivity contribution in [2.75, 3.05) is 0 Å². The van der Waals surface area contributed by atoms with E-state index in [1.807, 2.05) is 24.3 Å². The number of rotatable bonds is 2. The Balaban J connectivity index is 1.69. The van der Waals surface area contributed by atoms with E-state index < -0.39 is 0 Å². The summed E-state index contributed by atoms with van der Waals surface area (Å²) < 4.78 is 0. The molecule has 2 saturated carbocycles. The zero-order valence-corrected chi connectivity index (χ0v) is 11.7. The van der Waals surface area contributed by atoms with Crippen molar-refractivity contribution in [2.45, 2.75) is 43.9 Å². The first-order valence-corrected chi connectivity index (χ1v) is 7.34. The van der Waals surface area contributed by atoms with Crippen LogP contribution in [-0.4, -0.2) is 22.4 Å². The molecular formula is C15H17ClN2O. The average molecular weight is 277 g/mol. The van der Waals surface area contributed by atoms with Crippen LogP contribution in [-0.2, 0) is 4.79 Å². The van der Waals surface area contributed by atoms with Crippen LogP contribution in [0.3, 0.4) is 0 Å². The Morgan fingerprint density at radius 1 is 1.32 bits per heavy atom. The molecule has 4 heteroatoms. The fourth-order valence-corrected chi connectivity index (χ4v) is 3.29. The van der Waals surface area contributed by atoms with E-state index in [4.69, 9.17) is 11.6 Å². The maximum atomic E-state index is 12.6. The maximum absolute atomic E-state index is 12.6. The third kappa shape index (κ3) is 1.72. The Morgan fingerprint density at radius 3 is 2.47 bits per heavy atom. The molecule has 0 aromatic heterocycles. The van der Waals surface area contributed by atoms with Crippen molar-refractivity contribution >= 4 is 17.5 Å². The van der Waals surface area contributed by atoms with Crippen LogP contribution in [0.4, 0.5) is 0 Å². The van der Waals surface area contributed by atoms with Gasteiger partial charge in [-0.2, -0.15) is 0 Å². The zero-order chi connectivity index (χ0) is 13.2. The van der Waals surface area contributed by atoms with Crippen LogP contribution in [0.25, 0.3) is 0 Å². The van der Waals surface area contributed by atoms with Gasteiger partial charge in [0.15, 0.2) is 0 Å². The predicted molar refractivity (Wildman–Crippen MR) is 73.7 cm³/mol. The number of benzene rings is 1. The lowest BCUT2D eigenvalue weighted by atomic mass is 10.1. The Morgan fingerprint density at radius 2 is 1.95 bits per heavy atom. The lowest BCUT2D eigenvalue weighted by Gasteiger charge is -2.25. The molecule has 0 radical (unpaired) electrons. The van der Waals surface area contributed by atoms with Gasteiger partial charge in [0.2, 0.25) is 5.91 Å². The summed E-state index contributed by atoms with van der Waals surface area (Å²) in [6.45, 7) is 2.22. The van der Waals surface area contributed by atoms with Gasteiger partial charge < -0.3 is 4.90 Å². The Bertz CT molecular complexity index is 538. The number of halogens is 1. The quantitative estimate of drug-likeness (QED) is 0.901. The van der Waals surface area contributed by atoms with E-state index in [0.717, 1.165) is 29.8 Å². The molecule has 100 valence electrons. The second-order valence-electron chi connectivity index (χ2n) is 6.17. The summed E-state index contributed by atoms with van der Waals surface area (Å²) in [5.74, 6) is 0.941. The smallest absolute Gasteiger partial charge is 0.244 e. The summed E-state index contributed by atoms with van der Waals surface area (Å²) in [6.07, 6.45) is 3.12. The molecular weight excluding hydrogens is 260 g/mol. The first kappa shape index (κ1) is 11.7. The lowest BCUT2D eigenvalue weighted by molar-refractivity contribution is -0.131. The second-order valence-corrected chi connectivity index (χ2v) is 6.61. The highest BCUT2D eigenvalue weighted by Gasteiger charge is 2.62. The van der Waals surface area contributed by atoms with Gasteiger partial charge in [-0.25, -0.2) is 0 Å². The Kier molecular flexibility index (Phi) is 2.31. The zero-order valence-electron chi connectivity index (χ0n) is 10.9. The largest absolute Gasteiger partial charge is 0.318 e. The minimum absolute atomic E-state index is 0.0298. The standard InChI is InChI=1S/C15H17ClN2O/c1-9-8-12(9)18-13(10-2-4-11(16)5-3-10)17-15(6-7-15)14(18)19/h2-5,9,12-13,17H,6-8H2,1H3. The minimum atomic E-state index is -0.243. The molecule has 3 fully saturated rings. The SMILES string of the molecule is CC1CC1N1C(=O)C2(CC2)NC1c1ccc(Cl)cc1. The fourth-order valence-electron chi connectivity index (χ4n) is 3.16. The van der Waals surface area contributed by atoms with E-state index in [2.05, 4.69) is 17.1 Å². The predicted octanol–water partition coefficient (Wildman–Crippen LogP) is 2.71. The van der Waals surface area contributed by atoms with Crippen LogP contribution < -0.4 is 5.32 Å². The first-order chi connectivity index (χ1) is 9.11. The molecule has 1 aromatic carbocycles. The van der Waals surface area contributed by atoms with E-state index in [-0.39, 0.29) is 11.7 Å². The summed E-state index contributed by atoms with van der Waals surface area (Å²) in [7, 11) is 0. The molecule has 4 rings (SSSR count). The van der Waals surface area contributed by atoms with Crippen molar-refractivity contribution < 1.29 is 4.79 Å². The number of nitrogens with zero attached hydrogens (tertiary/aromatic N) is 1. The van der Waals surface area contributed by atoms with Gasteiger partial charge in [0.25, 0.3) is 0 Å². The van der Waals surface area contributed by atoms with Crippen molar-refractivity contribution in [1.82, 2.24) is 10.2 Å². The normalized spacial score (nSPS) is 34.9. The monoisotopic (exact) mass is 276 g/mol. The van der Waals surface area contributed by atoms with Gasteiger partial charge in [-0.15, -0.1) is 0 Å². The summed E-state index contributed by atoms with van der Waals surface area (Å²) >= 11 is 5.95. The van der Waals surface area contributed by atoms with Crippen LogP contribution >= 0.6 is 11.6 Å². The molecule has 1 aromatic rings. The Hall–Kier alpha value is -1.06. The molecule has 3 atom stereocenters. The topological polar surface area (TPSA) is 32.3 Å². The molecule has 0 bridgehead atoms. The van der Waals surface area contributed by atoms with E-state index >= 15 is 0 Å². The van der Waals surface area contributed by atoms with E-state index in [1.165, 1.54) is 0 Å². The molecule has 1 N–H and O–H groups in total. The average Bonchev–Trinajstić information content (AvgIpc) is 3.27. The maximum Gasteiger partial charge on any atom is 0.244 e. The van der Waals surface area contributed by atoms with E-state index in [9.17, 15) is 4.79 Å². The molecule has 1 aliphatic heterocycles. The third-order valence-corrected chi connectivity index (χ3v) is 4.95. The molecule has 19 heavy (non-hydrogen) atoms. The van der Waals surface area contributed by atoms with Crippen LogP contribution in [0.1, 0.15) is 37.9 Å². The van der Waals surface area contributed by atoms with Gasteiger partial charge in [-0.3, -0.25) is 10.1 Å². The van der Waals surface area contributed by atoms with Crippen LogP contribution in [0.5, 0.6) is 0 Å². The van der Waals surface area contributed by atoms with E-state index in [1.54, 1.807) is 0 Å². The van der Waals surface area contributed by atoms with Crippen LogP contribution in [0.2, 0.25) is 5.02 Å². The van der Waals surface area contributed by atoms with Gasteiger partial charge in [0.05, 0.1) is 0 Å². The van der Waals surface area contributed by atoms with Crippen molar-refractivity contribution in [3.05, 3.63) is 34.9 Å². The summed E-state index contributed by atoms with van der Waals surface area (Å²) in [5.41, 5.74) is 0.896. The molecule has 1 heterocycles. The van der Waals surface area contributed by atoms with Gasteiger partial charge in [0.1, 0.15) is 11.7 Å². The van der Waals surface area contributed by atoms with Crippen LogP contribution in [0, 0.1) is 5.92 Å². The van der Waals surface area contributed by atoms with Gasteiger partial charge in [0, 0.05) is 11.1 Å². The molecule has 1 spiro atoms. The number of amides is 1. The fraction of sp³-hybridized carbons (Fsp3) is 0.533. The van der Waals surface area contributed by atoms with Gasteiger partial charge in [-0.1, -0.05) is 30.7 Å². The highest BCUT2D eigenvalue weighted by molar-refractivity contribution is 6.30. The molecule has 3 aliphatic rings. The van der Waals surface area contributed by atoms with Crippen molar-refractivity contribution in [1.29, 1.82) is 0 Å². The summed E-state index contributed by atoms with van der Waals surface area (Å²) in [5, 5.41) is 4.29. The lowest BCUT2D eigenvalue weighted by Crippen LogP contribution is -2.34. The highest BCUT2D eigenvalue weighted by atomic mass is 35.5. The van der Waals surface area contributed by atoms with Crippen molar-refractivity contribution in [3.63, 3.8) is 0 Å². The number of hydrogen-bond donors (Lipinski definition) is 1. The Labute approximate surface area is 117 Å².